The largest absolute Gasteiger partial charge is 0.457 e. The van der Waals surface area contributed by atoms with E-state index in [1.807, 2.05) is 13.8 Å². The molecule has 0 spiro atoms. The van der Waals surface area contributed by atoms with Gasteiger partial charge in [-0.05, 0) is 51.4 Å². The van der Waals surface area contributed by atoms with Crippen molar-refractivity contribution in [2.24, 2.45) is 0 Å². The lowest BCUT2D eigenvalue weighted by Gasteiger charge is -2.28. The van der Waals surface area contributed by atoms with E-state index in [4.69, 9.17) is 0 Å². The molecule has 0 fully saturated rings. The van der Waals surface area contributed by atoms with E-state index in [1.165, 1.54) is 0 Å². The van der Waals surface area contributed by atoms with Gasteiger partial charge < -0.3 is 9.47 Å². The maximum absolute atomic E-state index is 14.1. The molecule has 0 saturated carbocycles. The van der Waals surface area contributed by atoms with E-state index in [1.54, 1.807) is 0 Å². The topological polar surface area (TPSA) is 69.7 Å². The van der Waals surface area contributed by atoms with Crippen LogP contribution in [0, 0.1) is 0 Å². The van der Waals surface area contributed by atoms with E-state index < -0.39 is 61.2 Å². The maximum atomic E-state index is 14.1. The summed E-state index contributed by atoms with van der Waals surface area (Å²) >= 11 is 0. The smallest absolute Gasteiger partial charge is 0.456 e. The molecule has 0 aromatic rings. The van der Waals surface area contributed by atoms with Crippen molar-refractivity contribution in [3.63, 3.8) is 0 Å². The molecule has 0 heterocycles. The van der Waals surface area contributed by atoms with Gasteiger partial charge in [-0.1, -0.05) is 142 Å². The summed E-state index contributed by atoms with van der Waals surface area (Å²) in [5.41, 5.74) is 0. The van der Waals surface area contributed by atoms with Crippen LogP contribution in [0.25, 0.3) is 0 Å². The fraction of sp³-hybridized carbons (Fsp3) is 0.930. The minimum atomic E-state index is -5.82. The Morgan fingerprint density at radius 1 is 0.362 bits per heavy atom. The van der Waals surface area contributed by atoms with Crippen molar-refractivity contribution in [2.45, 2.75) is 256 Å². The number of carbonyl (C=O) groups excluding carboxylic acids is 3. The summed E-state index contributed by atoms with van der Waals surface area (Å²) in [5, 5.41) is 0. The van der Waals surface area contributed by atoms with Gasteiger partial charge in [0.25, 0.3) is 0 Å². The monoisotopic (exact) mass is 859 g/mol. The third kappa shape index (κ3) is 26.2. The number of alkyl halides is 10. The molecule has 0 rings (SSSR count). The van der Waals surface area contributed by atoms with Gasteiger partial charge in [0.15, 0.2) is 12.2 Å². The van der Waals surface area contributed by atoms with Gasteiger partial charge in [-0.2, -0.15) is 43.9 Å². The van der Waals surface area contributed by atoms with Crippen molar-refractivity contribution in [3.05, 3.63) is 0 Å². The molecule has 0 aliphatic carbocycles. The number of halogens is 10. The Kier molecular flexibility index (Phi) is 30.6. The average molecular weight is 859 g/mol. The summed E-state index contributed by atoms with van der Waals surface area (Å²) in [5.74, 6) is -12.3. The first kappa shape index (κ1) is 55.9. The van der Waals surface area contributed by atoms with Crippen LogP contribution in [0.5, 0.6) is 0 Å². The highest BCUT2D eigenvalue weighted by Crippen LogP contribution is 2.42. The van der Waals surface area contributed by atoms with Gasteiger partial charge in [0.05, 0.1) is 0 Å². The second-order valence-electron chi connectivity index (χ2n) is 15.8. The Morgan fingerprint density at radius 3 is 0.879 bits per heavy atom. The van der Waals surface area contributed by atoms with Crippen LogP contribution in [0.1, 0.15) is 219 Å². The molecule has 0 N–H and O–H groups in total. The Bertz CT molecular complexity index is 985. The van der Waals surface area contributed by atoms with Gasteiger partial charge in [0, 0.05) is 25.7 Å². The minimum Gasteiger partial charge on any atom is -0.456 e. The predicted molar refractivity (Wildman–Crippen MR) is 206 cm³/mol. The summed E-state index contributed by atoms with van der Waals surface area (Å²) in [4.78, 5) is 36.5. The number of ether oxygens (including phenoxy) is 2. The van der Waals surface area contributed by atoms with E-state index in [9.17, 15) is 58.3 Å². The van der Waals surface area contributed by atoms with Gasteiger partial charge in [0.2, 0.25) is 0 Å². The standard InChI is InChI=1S/C43H72F10O5/c1-3-5-7-9-11-19-25-31-36(40(44,45)42(48,49)50)57-38(55)33-27-21-15-13-17-23-29-35(54)30-24-18-14-16-22-28-34-39(56)58-37(41(46,47)43(51,52)53)32-26-20-12-10-8-6-4-2/h36-37H,3-34H2,1-2H3. The van der Waals surface area contributed by atoms with Crippen LogP contribution < -0.4 is 0 Å². The molecule has 344 valence electrons. The number of ketones is 1. The van der Waals surface area contributed by atoms with Gasteiger partial charge in [0.1, 0.15) is 5.78 Å². The second kappa shape index (κ2) is 31.7. The van der Waals surface area contributed by atoms with Crippen LogP contribution in [0.4, 0.5) is 43.9 Å². The Balaban J connectivity index is 4.14. The first-order valence-corrected chi connectivity index (χ1v) is 22.1. The lowest BCUT2D eigenvalue weighted by Crippen LogP contribution is -2.49. The van der Waals surface area contributed by atoms with Crippen LogP contribution in [-0.2, 0) is 23.9 Å². The number of hydrogen-bond acceptors (Lipinski definition) is 5. The van der Waals surface area contributed by atoms with Crippen LogP contribution >= 0.6 is 0 Å². The van der Waals surface area contributed by atoms with Crippen LogP contribution in [0.2, 0.25) is 0 Å². The lowest BCUT2D eigenvalue weighted by atomic mass is 10.0. The molecule has 0 bridgehead atoms. The van der Waals surface area contributed by atoms with E-state index in [-0.39, 0.29) is 31.5 Å². The van der Waals surface area contributed by atoms with Crippen molar-refractivity contribution in [1.82, 2.24) is 0 Å². The number of Topliss-reactive ketones (excluding diaryl/α,β-unsaturated/α-hetero) is 1. The van der Waals surface area contributed by atoms with Gasteiger partial charge in [-0.15, -0.1) is 0 Å². The Labute approximate surface area is 340 Å². The first-order chi connectivity index (χ1) is 27.3. The summed E-state index contributed by atoms with van der Waals surface area (Å²) in [7, 11) is 0. The SMILES string of the molecule is CCCCCCCCCC(OC(=O)CCCCCCCCC(=O)CCCCCCCCC(=O)OC(CCCCCCCCC)C(F)(F)C(F)(F)F)C(F)(F)C(F)(F)F. The van der Waals surface area contributed by atoms with Crippen molar-refractivity contribution in [1.29, 1.82) is 0 Å². The Hall–Kier alpha value is -2.09. The fourth-order valence-corrected chi connectivity index (χ4v) is 6.72. The molecular formula is C43H72F10O5. The number of unbranched alkanes of at least 4 members (excludes halogenated alkanes) is 22. The van der Waals surface area contributed by atoms with Crippen molar-refractivity contribution in [3.8, 4) is 0 Å². The fourth-order valence-electron chi connectivity index (χ4n) is 6.72. The molecular weight excluding hydrogens is 786 g/mol. The number of esters is 2. The lowest BCUT2D eigenvalue weighted by molar-refractivity contribution is -0.315. The molecule has 58 heavy (non-hydrogen) atoms. The maximum Gasteiger partial charge on any atom is 0.457 e. The highest BCUT2D eigenvalue weighted by atomic mass is 19.4. The number of hydrogen-bond donors (Lipinski definition) is 0. The molecule has 0 radical (unpaired) electrons. The highest BCUT2D eigenvalue weighted by molar-refractivity contribution is 5.78. The molecule has 2 atom stereocenters. The molecule has 0 aromatic heterocycles. The molecule has 0 aromatic carbocycles. The normalized spacial score (nSPS) is 13.7. The minimum absolute atomic E-state index is 0.109. The molecule has 0 amide bonds. The summed E-state index contributed by atoms with van der Waals surface area (Å²) in [6.07, 6.45) is 0.550. The molecule has 0 saturated heterocycles. The summed E-state index contributed by atoms with van der Waals surface area (Å²) in [6.45, 7) is 4.09. The van der Waals surface area contributed by atoms with E-state index in [0.717, 1.165) is 89.9 Å². The molecule has 2 unspecified atom stereocenters. The van der Waals surface area contributed by atoms with Gasteiger partial charge in [-0.3, -0.25) is 14.4 Å². The van der Waals surface area contributed by atoms with Gasteiger partial charge >= 0.3 is 36.1 Å². The van der Waals surface area contributed by atoms with E-state index >= 15 is 0 Å². The zero-order chi connectivity index (χ0) is 43.9. The van der Waals surface area contributed by atoms with Crippen molar-refractivity contribution in [2.75, 3.05) is 0 Å². The average Bonchev–Trinajstić information content (AvgIpc) is 3.14. The molecule has 0 aliphatic rings. The first-order valence-electron chi connectivity index (χ1n) is 22.1. The summed E-state index contributed by atoms with van der Waals surface area (Å²) in [6, 6.07) is 0. The third-order valence-electron chi connectivity index (χ3n) is 10.4. The molecule has 5 nitrogen and oxygen atoms in total. The van der Waals surface area contributed by atoms with Gasteiger partial charge in [-0.25, -0.2) is 0 Å². The predicted octanol–water partition coefficient (Wildman–Crippen LogP) is 15.3. The van der Waals surface area contributed by atoms with Crippen LogP contribution in [0.3, 0.4) is 0 Å². The molecule has 15 heteroatoms. The number of rotatable bonds is 38. The van der Waals surface area contributed by atoms with E-state index in [0.29, 0.717) is 77.0 Å². The number of carbonyl (C=O) groups is 3. The molecule has 0 aliphatic heterocycles. The summed E-state index contributed by atoms with van der Waals surface area (Å²) < 4.78 is 144. The second-order valence-corrected chi connectivity index (χ2v) is 15.8. The zero-order valence-electron chi connectivity index (χ0n) is 35.1. The third-order valence-corrected chi connectivity index (χ3v) is 10.4. The van der Waals surface area contributed by atoms with Crippen molar-refractivity contribution >= 4 is 17.7 Å². The van der Waals surface area contributed by atoms with Crippen LogP contribution in [0.15, 0.2) is 0 Å². The highest BCUT2D eigenvalue weighted by Gasteiger charge is 2.64. The quantitative estimate of drug-likeness (QED) is 0.0351. The Morgan fingerprint density at radius 2 is 0.603 bits per heavy atom. The van der Waals surface area contributed by atoms with Crippen molar-refractivity contribution < 1.29 is 67.8 Å². The van der Waals surface area contributed by atoms with E-state index in [2.05, 4.69) is 9.47 Å². The van der Waals surface area contributed by atoms with Crippen LogP contribution in [-0.4, -0.2) is 54.1 Å². The zero-order valence-corrected chi connectivity index (χ0v) is 35.1.